The Morgan fingerprint density at radius 3 is 3.12 bits per heavy atom. The van der Waals surface area contributed by atoms with Crippen LogP contribution in [-0.4, -0.2) is 19.2 Å². The topological polar surface area (TPSA) is 38.3 Å². The fourth-order valence-electron chi connectivity index (χ4n) is 1.68. The number of hydrogen-bond acceptors (Lipinski definition) is 2. The van der Waals surface area contributed by atoms with Crippen molar-refractivity contribution in [3.8, 4) is 0 Å². The first kappa shape index (κ1) is 13.6. The van der Waals surface area contributed by atoms with Crippen LogP contribution in [0, 0.1) is 5.92 Å². The van der Waals surface area contributed by atoms with Crippen LogP contribution < -0.4 is 5.32 Å². The van der Waals surface area contributed by atoms with E-state index in [1.54, 1.807) is 6.08 Å². The fourth-order valence-corrected chi connectivity index (χ4v) is 1.68. The number of amides is 1. The molecule has 94 valence electrons. The smallest absolute Gasteiger partial charge is 0.407 e. The Morgan fingerprint density at radius 2 is 2.41 bits per heavy atom. The molecule has 0 fully saturated rings. The zero-order chi connectivity index (χ0) is 12.3. The van der Waals surface area contributed by atoms with E-state index in [9.17, 15) is 4.79 Å². The highest BCUT2D eigenvalue weighted by molar-refractivity contribution is 5.67. The number of ether oxygens (including phenoxy) is 1. The predicted molar refractivity (Wildman–Crippen MR) is 69.8 cm³/mol. The molecule has 1 unspecified atom stereocenters. The summed E-state index contributed by atoms with van der Waals surface area (Å²) in [6.07, 6.45) is 14.1. The molecule has 0 saturated carbocycles. The first-order valence-corrected chi connectivity index (χ1v) is 6.16. The number of carbonyl (C=O) groups is 1. The van der Waals surface area contributed by atoms with Crippen molar-refractivity contribution in [3.63, 3.8) is 0 Å². The van der Waals surface area contributed by atoms with Gasteiger partial charge < -0.3 is 10.1 Å². The van der Waals surface area contributed by atoms with E-state index in [1.165, 1.54) is 6.42 Å². The van der Waals surface area contributed by atoms with Gasteiger partial charge in [0.1, 0.15) is 0 Å². The molecule has 3 heteroatoms. The van der Waals surface area contributed by atoms with Crippen molar-refractivity contribution < 1.29 is 9.53 Å². The second-order valence-electron chi connectivity index (χ2n) is 4.07. The van der Waals surface area contributed by atoms with Gasteiger partial charge in [-0.2, -0.15) is 0 Å². The van der Waals surface area contributed by atoms with Gasteiger partial charge in [-0.05, 0) is 31.6 Å². The molecule has 1 N–H and O–H groups in total. The van der Waals surface area contributed by atoms with E-state index in [1.807, 2.05) is 6.08 Å². The van der Waals surface area contributed by atoms with Crippen molar-refractivity contribution in [2.75, 3.05) is 13.2 Å². The molecule has 0 radical (unpaired) electrons. The number of allylic oxidation sites excluding steroid dienone is 3. The summed E-state index contributed by atoms with van der Waals surface area (Å²) >= 11 is 0. The summed E-state index contributed by atoms with van der Waals surface area (Å²) in [5, 5.41) is 2.68. The summed E-state index contributed by atoms with van der Waals surface area (Å²) in [5.74, 6) is 0.624. The SMILES string of the molecule is C=CCCOC(=O)NCC=CC1CC=CCC1. The summed E-state index contributed by atoms with van der Waals surface area (Å²) in [6, 6.07) is 0. The Hall–Kier alpha value is -1.51. The molecule has 1 atom stereocenters. The standard InChI is InChI=1S/C14H21NO2/c1-2-3-12-17-14(16)15-11-7-10-13-8-5-4-6-9-13/h2,4-5,7,10,13H,1,3,6,8-9,11-12H2,(H,15,16). The van der Waals surface area contributed by atoms with E-state index < -0.39 is 0 Å². The van der Waals surface area contributed by atoms with Gasteiger partial charge in [-0.1, -0.05) is 30.4 Å². The Kier molecular flexibility index (Phi) is 6.87. The second-order valence-corrected chi connectivity index (χ2v) is 4.07. The van der Waals surface area contributed by atoms with Crippen molar-refractivity contribution in [1.82, 2.24) is 5.32 Å². The highest BCUT2D eigenvalue weighted by Crippen LogP contribution is 2.18. The molecule has 0 aliphatic heterocycles. The van der Waals surface area contributed by atoms with Crippen LogP contribution in [0.2, 0.25) is 0 Å². The molecule has 3 nitrogen and oxygen atoms in total. The quantitative estimate of drug-likeness (QED) is 0.567. The molecule has 0 aromatic heterocycles. The third-order valence-electron chi connectivity index (χ3n) is 2.64. The molecule has 0 heterocycles. The summed E-state index contributed by atoms with van der Waals surface area (Å²) in [5.41, 5.74) is 0. The minimum atomic E-state index is -0.361. The third kappa shape index (κ3) is 6.61. The summed E-state index contributed by atoms with van der Waals surface area (Å²) in [4.78, 5) is 11.2. The molecule has 1 rings (SSSR count). The lowest BCUT2D eigenvalue weighted by Crippen LogP contribution is -2.24. The summed E-state index contributed by atoms with van der Waals surface area (Å²) in [7, 11) is 0. The van der Waals surface area contributed by atoms with E-state index >= 15 is 0 Å². The van der Waals surface area contributed by atoms with E-state index in [0.717, 1.165) is 12.8 Å². The van der Waals surface area contributed by atoms with Crippen LogP contribution in [0.25, 0.3) is 0 Å². The highest BCUT2D eigenvalue weighted by Gasteiger charge is 2.05. The lowest BCUT2D eigenvalue weighted by molar-refractivity contribution is 0.149. The maximum absolute atomic E-state index is 11.2. The van der Waals surface area contributed by atoms with Gasteiger partial charge >= 0.3 is 6.09 Å². The predicted octanol–water partition coefficient (Wildman–Crippen LogP) is 3.20. The van der Waals surface area contributed by atoms with Crippen LogP contribution in [0.5, 0.6) is 0 Å². The Bertz CT molecular complexity index is 295. The summed E-state index contributed by atoms with van der Waals surface area (Å²) in [6.45, 7) is 4.49. The molecule has 0 saturated heterocycles. The summed E-state index contributed by atoms with van der Waals surface area (Å²) < 4.78 is 4.91. The molecule has 0 aromatic rings. The molecule has 1 amide bonds. The lowest BCUT2D eigenvalue weighted by Gasteiger charge is -2.12. The Morgan fingerprint density at radius 1 is 1.53 bits per heavy atom. The van der Waals surface area contributed by atoms with E-state index in [4.69, 9.17) is 4.74 Å². The minimum absolute atomic E-state index is 0.361. The maximum Gasteiger partial charge on any atom is 0.407 e. The first-order chi connectivity index (χ1) is 8.33. The maximum atomic E-state index is 11.2. The van der Waals surface area contributed by atoms with Crippen LogP contribution in [0.4, 0.5) is 4.79 Å². The number of carbonyl (C=O) groups excluding carboxylic acids is 1. The van der Waals surface area contributed by atoms with Crippen LogP contribution in [0.15, 0.2) is 37.0 Å². The van der Waals surface area contributed by atoms with Gasteiger partial charge in [0.25, 0.3) is 0 Å². The lowest BCUT2D eigenvalue weighted by atomic mass is 9.94. The normalized spacial score (nSPS) is 19.2. The van der Waals surface area contributed by atoms with Crippen LogP contribution >= 0.6 is 0 Å². The molecule has 0 spiro atoms. The van der Waals surface area contributed by atoms with Gasteiger partial charge in [-0.25, -0.2) is 4.79 Å². The average Bonchev–Trinajstić information content (AvgIpc) is 2.36. The Labute approximate surface area is 103 Å². The second kappa shape index (κ2) is 8.62. The largest absolute Gasteiger partial charge is 0.449 e. The van der Waals surface area contributed by atoms with Crippen molar-refractivity contribution in [1.29, 1.82) is 0 Å². The Balaban J connectivity index is 2.05. The zero-order valence-corrected chi connectivity index (χ0v) is 10.2. The van der Waals surface area contributed by atoms with Crippen molar-refractivity contribution in [2.24, 2.45) is 5.92 Å². The van der Waals surface area contributed by atoms with Gasteiger partial charge in [0, 0.05) is 6.54 Å². The van der Waals surface area contributed by atoms with Crippen LogP contribution in [-0.2, 0) is 4.74 Å². The van der Waals surface area contributed by atoms with Crippen LogP contribution in [0.3, 0.4) is 0 Å². The minimum Gasteiger partial charge on any atom is -0.449 e. The fraction of sp³-hybridized carbons (Fsp3) is 0.500. The van der Waals surface area contributed by atoms with Crippen LogP contribution in [0.1, 0.15) is 25.7 Å². The third-order valence-corrected chi connectivity index (χ3v) is 2.64. The van der Waals surface area contributed by atoms with Gasteiger partial charge in [-0.15, -0.1) is 6.58 Å². The van der Waals surface area contributed by atoms with Gasteiger partial charge in [0.05, 0.1) is 6.61 Å². The van der Waals surface area contributed by atoms with Gasteiger partial charge in [0.15, 0.2) is 0 Å². The number of rotatable bonds is 6. The van der Waals surface area contributed by atoms with E-state index in [-0.39, 0.29) is 6.09 Å². The van der Waals surface area contributed by atoms with Gasteiger partial charge in [-0.3, -0.25) is 0 Å². The first-order valence-electron chi connectivity index (χ1n) is 6.16. The number of alkyl carbamates (subject to hydrolysis) is 1. The molecule has 1 aliphatic rings. The molecule has 0 bridgehead atoms. The number of hydrogen-bond donors (Lipinski definition) is 1. The highest BCUT2D eigenvalue weighted by atomic mass is 16.5. The molecule has 1 aliphatic carbocycles. The van der Waals surface area contributed by atoms with Crippen molar-refractivity contribution >= 4 is 6.09 Å². The molecule has 17 heavy (non-hydrogen) atoms. The molecular formula is C14H21NO2. The monoisotopic (exact) mass is 235 g/mol. The van der Waals surface area contributed by atoms with Gasteiger partial charge in [0.2, 0.25) is 0 Å². The van der Waals surface area contributed by atoms with Crippen molar-refractivity contribution in [3.05, 3.63) is 37.0 Å². The number of nitrogens with one attached hydrogen (secondary N) is 1. The molecular weight excluding hydrogens is 214 g/mol. The average molecular weight is 235 g/mol. The molecule has 0 aromatic carbocycles. The van der Waals surface area contributed by atoms with Crippen molar-refractivity contribution in [2.45, 2.75) is 25.7 Å². The zero-order valence-electron chi connectivity index (χ0n) is 10.2. The van der Waals surface area contributed by atoms with E-state index in [0.29, 0.717) is 25.5 Å². The van der Waals surface area contributed by atoms with E-state index in [2.05, 4.69) is 30.1 Å².